The molecule has 1 aliphatic heterocycles. The Kier molecular flexibility index (Phi) is 6.23. The molecule has 1 heterocycles. The van der Waals surface area contributed by atoms with Crippen LogP contribution in [-0.4, -0.2) is 37.5 Å². The van der Waals surface area contributed by atoms with Gasteiger partial charge in [0.25, 0.3) is 17.7 Å². The van der Waals surface area contributed by atoms with E-state index in [2.05, 4.69) is 10.9 Å². The molecule has 2 aromatic rings. The predicted molar refractivity (Wildman–Crippen MR) is 107 cm³/mol. The van der Waals surface area contributed by atoms with Crippen LogP contribution in [0.1, 0.15) is 11.1 Å². The summed E-state index contributed by atoms with van der Waals surface area (Å²) in [6, 6.07) is 10.4. The molecule has 0 aliphatic carbocycles. The Labute approximate surface area is 172 Å². The highest BCUT2D eigenvalue weighted by Gasteiger charge is 2.27. The fraction of sp³-hybridized carbons (Fsp3) is 0.250. The Balaban J connectivity index is 1.51. The van der Waals surface area contributed by atoms with E-state index in [4.69, 9.17) is 21.1 Å². The van der Waals surface area contributed by atoms with Crippen LogP contribution in [0.25, 0.3) is 0 Å². The zero-order chi connectivity index (χ0) is 21.0. The van der Waals surface area contributed by atoms with Crippen LogP contribution in [-0.2, 0) is 14.4 Å². The van der Waals surface area contributed by atoms with Crippen molar-refractivity contribution in [3.05, 3.63) is 52.5 Å². The van der Waals surface area contributed by atoms with Crippen molar-refractivity contribution in [3.8, 4) is 11.5 Å². The van der Waals surface area contributed by atoms with Crippen molar-refractivity contribution in [3.63, 3.8) is 0 Å². The second-order valence-corrected chi connectivity index (χ2v) is 6.93. The van der Waals surface area contributed by atoms with Crippen LogP contribution in [0.3, 0.4) is 0 Å². The Morgan fingerprint density at radius 2 is 1.79 bits per heavy atom. The van der Waals surface area contributed by atoms with E-state index in [1.54, 1.807) is 36.4 Å². The summed E-state index contributed by atoms with van der Waals surface area (Å²) in [7, 11) is 0. The van der Waals surface area contributed by atoms with Gasteiger partial charge in [-0.05, 0) is 49.2 Å². The molecule has 29 heavy (non-hydrogen) atoms. The average Bonchev–Trinajstić information content (AvgIpc) is 2.67. The third-order valence-corrected chi connectivity index (χ3v) is 4.44. The lowest BCUT2D eigenvalue weighted by Gasteiger charge is -2.28. The van der Waals surface area contributed by atoms with Crippen molar-refractivity contribution < 1.29 is 23.9 Å². The lowest BCUT2D eigenvalue weighted by atomic mass is 10.1. The summed E-state index contributed by atoms with van der Waals surface area (Å²) in [6.07, 6.45) is 0. The summed E-state index contributed by atoms with van der Waals surface area (Å²) in [4.78, 5) is 37.5. The molecule has 0 aromatic heterocycles. The largest absolute Gasteiger partial charge is 0.483 e. The SMILES string of the molecule is Cc1cc(Cl)cc(C)c1OCC(=O)NNC(=O)CN1C(=O)COc2ccccc21. The van der Waals surface area contributed by atoms with Gasteiger partial charge in [0.05, 0.1) is 5.69 Å². The number of aryl methyl sites for hydroxylation is 2. The van der Waals surface area contributed by atoms with Crippen LogP contribution in [0.15, 0.2) is 36.4 Å². The number of hydrogen-bond acceptors (Lipinski definition) is 5. The van der Waals surface area contributed by atoms with Crippen molar-refractivity contribution in [2.45, 2.75) is 13.8 Å². The molecule has 9 heteroatoms. The fourth-order valence-corrected chi connectivity index (χ4v) is 3.28. The smallest absolute Gasteiger partial charge is 0.276 e. The minimum atomic E-state index is -0.553. The summed E-state index contributed by atoms with van der Waals surface area (Å²) in [5.41, 5.74) is 6.66. The average molecular weight is 418 g/mol. The van der Waals surface area contributed by atoms with E-state index in [0.717, 1.165) is 11.1 Å². The number of carbonyl (C=O) groups excluding carboxylic acids is 3. The van der Waals surface area contributed by atoms with Gasteiger partial charge in [-0.25, -0.2) is 0 Å². The van der Waals surface area contributed by atoms with E-state index in [1.165, 1.54) is 4.90 Å². The van der Waals surface area contributed by atoms with E-state index < -0.39 is 11.8 Å². The zero-order valence-corrected chi connectivity index (χ0v) is 16.7. The topological polar surface area (TPSA) is 97.0 Å². The molecule has 0 saturated carbocycles. The van der Waals surface area contributed by atoms with E-state index in [0.29, 0.717) is 22.2 Å². The highest BCUT2D eigenvalue weighted by molar-refractivity contribution is 6.30. The minimum absolute atomic E-state index is 0.149. The first-order valence-corrected chi connectivity index (χ1v) is 9.22. The number of nitrogens with zero attached hydrogens (tertiary/aromatic N) is 1. The first-order chi connectivity index (χ1) is 13.8. The molecule has 1 aliphatic rings. The second kappa shape index (κ2) is 8.83. The maximum atomic E-state index is 12.2. The van der Waals surface area contributed by atoms with E-state index >= 15 is 0 Å². The van der Waals surface area contributed by atoms with Crippen molar-refractivity contribution in [1.29, 1.82) is 0 Å². The molecule has 8 nitrogen and oxygen atoms in total. The van der Waals surface area contributed by atoms with Gasteiger partial charge in [0.2, 0.25) is 0 Å². The van der Waals surface area contributed by atoms with Crippen LogP contribution in [0.2, 0.25) is 5.02 Å². The van der Waals surface area contributed by atoms with Crippen LogP contribution in [0, 0.1) is 13.8 Å². The number of para-hydroxylation sites is 2. The number of rotatable bonds is 5. The molecule has 0 fully saturated rings. The molecule has 0 bridgehead atoms. The predicted octanol–water partition coefficient (Wildman–Crippen LogP) is 1.91. The molecule has 3 amide bonds. The quantitative estimate of drug-likeness (QED) is 0.724. The molecule has 0 radical (unpaired) electrons. The number of amides is 3. The van der Waals surface area contributed by atoms with Crippen LogP contribution >= 0.6 is 11.6 Å². The highest BCUT2D eigenvalue weighted by Crippen LogP contribution is 2.31. The van der Waals surface area contributed by atoms with Crippen LogP contribution < -0.4 is 25.2 Å². The van der Waals surface area contributed by atoms with Crippen LogP contribution in [0.4, 0.5) is 5.69 Å². The number of carbonyl (C=O) groups is 3. The summed E-state index contributed by atoms with van der Waals surface area (Å²) < 4.78 is 10.9. The number of nitrogens with one attached hydrogen (secondary N) is 2. The van der Waals surface area contributed by atoms with Gasteiger partial charge in [-0.15, -0.1) is 0 Å². The summed E-state index contributed by atoms with van der Waals surface area (Å²) in [5.74, 6) is -0.359. The zero-order valence-electron chi connectivity index (χ0n) is 16.0. The van der Waals surface area contributed by atoms with Gasteiger partial charge in [0.1, 0.15) is 18.0 Å². The minimum Gasteiger partial charge on any atom is -0.483 e. The second-order valence-electron chi connectivity index (χ2n) is 6.49. The molecule has 0 spiro atoms. The molecule has 152 valence electrons. The molecule has 0 atom stereocenters. The van der Waals surface area contributed by atoms with Gasteiger partial charge in [-0.3, -0.25) is 30.1 Å². The molecule has 3 rings (SSSR count). The first kappa shape index (κ1) is 20.5. The Morgan fingerprint density at radius 3 is 2.52 bits per heavy atom. The maximum absolute atomic E-state index is 12.2. The Morgan fingerprint density at radius 1 is 1.14 bits per heavy atom. The van der Waals surface area contributed by atoms with Gasteiger partial charge < -0.3 is 9.47 Å². The van der Waals surface area contributed by atoms with Gasteiger partial charge in [0, 0.05) is 5.02 Å². The van der Waals surface area contributed by atoms with Crippen molar-refractivity contribution in [1.82, 2.24) is 10.9 Å². The summed E-state index contributed by atoms with van der Waals surface area (Å²) >= 11 is 5.97. The number of hydrazine groups is 1. The monoisotopic (exact) mass is 417 g/mol. The number of ether oxygens (including phenoxy) is 2. The Bertz CT molecular complexity index is 940. The van der Waals surface area contributed by atoms with Gasteiger partial charge in [-0.2, -0.15) is 0 Å². The standard InChI is InChI=1S/C20H20ClN3O5/c1-12-7-14(21)8-13(2)20(12)29-10-18(26)23-22-17(25)9-24-15-5-3-4-6-16(15)28-11-19(24)27/h3-8H,9-11H2,1-2H3,(H,22,25)(H,23,26). The fourth-order valence-electron chi connectivity index (χ4n) is 2.95. The lowest BCUT2D eigenvalue weighted by Crippen LogP contribution is -2.50. The number of benzene rings is 2. The number of anilines is 1. The molecular weight excluding hydrogens is 398 g/mol. The number of halogens is 1. The summed E-state index contributed by atoms with van der Waals surface area (Å²) in [6.45, 7) is 2.96. The van der Waals surface area contributed by atoms with E-state index in [-0.39, 0.29) is 25.7 Å². The van der Waals surface area contributed by atoms with Gasteiger partial charge >= 0.3 is 0 Å². The highest BCUT2D eigenvalue weighted by atomic mass is 35.5. The first-order valence-electron chi connectivity index (χ1n) is 8.84. The molecule has 0 unspecified atom stereocenters. The van der Waals surface area contributed by atoms with Gasteiger partial charge in [0.15, 0.2) is 13.2 Å². The van der Waals surface area contributed by atoms with E-state index in [1.807, 2.05) is 13.8 Å². The molecule has 0 saturated heterocycles. The Hall–Kier alpha value is -3.26. The van der Waals surface area contributed by atoms with Crippen molar-refractivity contribution in [2.24, 2.45) is 0 Å². The van der Waals surface area contributed by atoms with Crippen molar-refractivity contribution >= 4 is 35.0 Å². The van der Waals surface area contributed by atoms with Crippen LogP contribution in [0.5, 0.6) is 11.5 Å². The van der Waals surface area contributed by atoms with E-state index in [9.17, 15) is 14.4 Å². The van der Waals surface area contributed by atoms with Gasteiger partial charge in [-0.1, -0.05) is 23.7 Å². The van der Waals surface area contributed by atoms with Crippen molar-refractivity contribution in [2.75, 3.05) is 24.7 Å². The normalized spacial score (nSPS) is 12.7. The third kappa shape index (κ3) is 4.97. The summed E-state index contributed by atoms with van der Waals surface area (Å²) in [5, 5.41) is 0.586. The molecule has 2 aromatic carbocycles. The number of fused-ring (bicyclic) bond motifs is 1. The number of hydrogen-bond donors (Lipinski definition) is 2. The third-order valence-electron chi connectivity index (χ3n) is 4.22. The molecular formula is C20H20ClN3O5. The molecule has 2 N–H and O–H groups in total. The maximum Gasteiger partial charge on any atom is 0.276 e. The lowest BCUT2D eigenvalue weighted by molar-refractivity contribution is -0.130.